The van der Waals surface area contributed by atoms with Gasteiger partial charge in [-0.05, 0) is 24.6 Å². The molecule has 0 aliphatic heterocycles. The molecule has 0 radical (unpaired) electrons. The van der Waals surface area contributed by atoms with Gasteiger partial charge in [0, 0.05) is 12.6 Å². The summed E-state index contributed by atoms with van der Waals surface area (Å²) in [6.45, 7) is 2.59. The number of carbonyl (C=O) groups is 1. The van der Waals surface area contributed by atoms with Crippen molar-refractivity contribution >= 4 is 11.7 Å². The predicted octanol–water partition coefficient (Wildman–Crippen LogP) is 3.31. The molecule has 0 aromatic heterocycles. The number of ether oxygens (including phenoxy) is 1. The minimum Gasteiger partial charge on any atom is -0.497 e. The fourth-order valence-electron chi connectivity index (χ4n) is 2.00. The number of nitrogens with one attached hydrogen (secondary N) is 1. The molecule has 20 heavy (non-hydrogen) atoms. The standard InChI is InChI=1S/C16H17NO3/c1-11-4-3-5-12(8-11)10-17-15-9-13(20-2)6-7-14(15)16(18)19/h3-9,17H,10H2,1-2H3,(H,18,19). The molecule has 0 atom stereocenters. The maximum atomic E-state index is 11.2. The van der Waals surface area contributed by atoms with E-state index in [2.05, 4.69) is 11.4 Å². The lowest BCUT2D eigenvalue weighted by atomic mass is 10.1. The fourth-order valence-corrected chi connectivity index (χ4v) is 2.00. The third kappa shape index (κ3) is 3.29. The van der Waals surface area contributed by atoms with E-state index in [9.17, 15) is 9.90 Å². The number of carboxylic acid groups (broad SMARTS) is 1. The van der Waals surface area contributed by atoms with Gasteiger partial charge in [0.25, 0.3) is 0 Å². The Morgan fingerprint density at radius 3 is 2.70 bits per heavy atom. The van der Waals surface area contributed by atoms with Crippen LogP contribution in [-0.2, 0) is 6.54 Å². The van der Waals surface area contributed by atoms with Crippen LogP contribution in [0.3, 0.4) is 0 Å². The lowest BCUT2D eigenvalue weighted by molar-refractivity contribution is 0.0698. The average molecular weight is 271 g/mol. The van der Waals surface area contributed by atoms with Gasteiger partial charge < -0.3 is 15.2 Å². The monoisotopic (exact) mass is 271 g/mol. The van der Waals surface area contributed by atoms with Gasteiger partial charge in [-0.15, -0.1) is 0 Å². The number of hydrogen-bond acceptors (Lipinski definition) is 3. The Labute approximate surface area is 118 Å². The first kappa shape index (κ1) is 13.9. The SMILES string of the molecule is COc1ccc(C(=O)O)c(NCc2cccc(C)c2)c1. The van der Waals surface area contributed by atoms with Crippen LogP contribution in [0, 0.1) is 6.92 Å². The van der Waals surface area contributed by atoms with Crippen molar-refractivity contribution in [2.24, 2.45) is 0 Å². The van der Waals surface area contributed by atoms with Gasteiger partial charge in [0.2, 0.25) is 0 Å². The minimum absolute atomic E-state index is 0.235. The van der Waals surface area contributed by atoms with Gasteiger partial charge >= 0.3 is 5.97 Å². The van der Waals surface area contributed by atoms with Crippen LogP contribution in [0.2, 0.25) is 0 Å². The summed E-state index contributed by atoms with van der Waals surface area (Å²) in [4.78, 5) is 11.2. The van der Waals surface area contributed by atoms with E-state index in [1.165, 1.54) is 5.56 Å². The quantitative estimate of drug-likeness (QED) is 0.876. The molecule has 2 aromatic carbocycles. The summed E-state index contributed by atoms with van der Waals surface area (Å²) in [6.07, 6.45) is 0. The second-order valence-electron chi connectivity index (χ2n) is 4.56. The Balaban J connectivity index is 2.21. The Morgan fingerprint density at radius 2 is 2.05 bits per heavy atom. The summed E-state index contributed by atoms with van der Waals surface area (Å²) in [7, 11) is 1.56. The summed E-state index contributed by atoms with van der Waals surface area (Å²) >= 11 is 0. The first-order chi connectivity index (χ1) is 9.60. The zero-order chi connectivity index (χ0) is 14.5. The number of aromatic carboxylic acids is 1. The number of benzene rings is 2. The summed E-state index contributed by atoms with van der Waals surface area (Å²) in [6, 6.07) is 12.9. The molecule has 0 unspecified atom stereocenters. The number of methoxy groups -OCH3 is 1. The average Bonchev–Trinajstić information content (AvgIpc) is 2.44. The van der Waals surface area contributed by atoms with Crippen LogP contribution in [0.15, 0.2) is 42.5 Å². The highest BCUT2D eigenvalue weighted by Gasteiger charge is 2.10. The summed E-state index contributed by atoms with van der Waals surface area (Å²) < 4.78 is 5.13. The van der Waals surface area contributed by atoms with Gasteiger partial charge in [-0.1, -0.05) is 29.8 Å². The maximum Gasteiger partial charge on any atom is 0.337 e. The molecule has 0 aliphatic carbocycles. The molecule has 2 N–H and O–H groups in total. The molecular weight excluding hydrogens is 254 g/mol. The first-order valence-electron chi connectivity index (χ1n) is 6.31. The van der Waals surface area contributed by atoms with Gasteiger partial charge in [0.1, 0.15) is 5.75 Å². The van der Waals surface area contributed by atoms with Crippen LogP contribution >= 0.6 is 0 Å². The molecule has 4 nitrogen and oxygen atoms in total. The number of carboxylic acids is 1. The van der Waals surface area contributed by atoms with Crippen molar-refractivity contribution in [1.29, 1.82) is 0 Å². The Kier molecular flexibility index (Phi) is 4.25. The molecule has 0 bridgehead atoms. The van der Waals surface area contributed by atoms with E-state index < -0.39 is 5.97 Å². The normalized spacial score (nSPS) is 10.1. The molecule has 0 saturated heterocycles. The Morgan fingerprint density at radius 1 is 1.25 bits per heavy atom. The van der Waals surface area contributed by atoms with E-state index >= 15 is 0 Å². The van der Waals surface area contributed by atoms with Gasteiger partial charge in [-0.25, -0.2) is 4.79 Å². The van der Waals surface area contributed by atoms with Gasteiger partial charge in [-0.3, -0.25) is 0 Å². The number of rotatable bonds is 5. The topological polar surface area (TPSA) is 58.6 Å². The number of anilines is 1. The lowest BCUT2D eigenvalue weighted by Gasteiger charge is -2.11. The molecular formula is C16H17NO3. The second-order valence-corrected chi connectivity index (χ2v) is 4.56. The first-order valence-corrected chi connectivity index (χ1v) is 6.31. The van der Waals surface area contributed by atoms with E-state index in [1.807, 2.05) is 25.1 Å². The molecule has 104 valence electrons. The van der Waals surface area contributed by atoms with Crippen molar-refractivity contribution in [1.82, 2.24) is 0 Å². The molecule has 4 heteroatoms. The van der Waals surface area contributed by atoms with Crippen LogP contribution in [0.25, 0.3) is 0 Å². The predicted molar refractivity (Wildman–Crippen MR) is 78.5 cm³/mol. The summed E-state index contributed by atoms with van der Waals surface area (Å²) in [5.74, 6) is -0.332. The molecule has 0 aliphatic rings. The highest BCUT2D eigenvalue weighted by atomic mass is 16.5. The highest BCUT2D eigenvalue weighted by molar-refractivity contribution is 5.94. The molecule has 2 aromatic rings. The van der Waals surface area contributed by atoms with Gasteiger partial charge in [-0.2, -0.15) is 0 Å². The summed E-state index contributed by atoms with van der Waals surface area (Å²) in [5.41, 5.74) is 3.06. The zero-order valence-corrected chi connectivity index (χ0v) is 11.5. The molecule has 0 amide bonds. The lowest BCUT2D eigenvalue weighted by Crippen LogP contribution is -2.06. The van der Waals surface area contributed by atoms with E-state index in [1.54, 1.807) is 25.3 Å². The molecule has 0 spiro atoms. The van der Waals surface area contributed by atoms with E-state index in [0.29, 0.717) is 18.0 Å². The number of hydrogen-bond donors (Lipinski definition) is 2. The van der Waals surface area contributed by atoms with Gasteiger partial charge in [0.05, 0.1) is 18.4 Å². The molecule has 0 fully saturated rings. The number of aryl methyl sites for hydroxylation is 1. The van der Waals surface area contributed by atoms with Crippen molar-refractivity contribution < 1.29 is 14.6 Å². The second kappa shape index (κ2) is 6.10. The molecule has 0 heterocycles. The van der Waals surface area contributed by atoms with E-state index in [-0.39, 0.29) is 5.56 Å². The largest absolute Gasteiger partial charge is 0.497 e. The van der Waals surface area contributed by atoms with Crippen LogP contribution in [0.4, 0.5) is 5.69 Å². The maximum absolute atomic E-state index is 11.2. The molecule has 0 saturated carbocycles. The van der Waals surface area contributed by atoms with Crippen molar-refractivity contribution in [2.45, 2.75) is 13.5 Å². The van der Waals surface area contributed by atoms with Crippen LogP contribution < -0.4 is 10.1 Å². The third-order valence-corrected chi connectivity index (χ3v) is 3.02. The van der Waals surface area contributed by atoms with Gasteiger partial charge in [0.15, 0.2) is 0 Å². The minimum atomic E-state index is -0.959. The fraction of sp³-hybridized carbons (Fsp3) is 0.188. The third-order valence-electron chi connectivity index (χ3n) is 3.02. The zero-order valence-electron chi connectivity index (χ0n) is 11.5. The van der Waals surface area contributed by atoms with Crippen molar-refractivity contribution in [3.05, 3.63) is 59.2 Å². The highest BCUT2D eigenvalue weighted by Crippen LogP contribution is 2.23. The van der Waals surface area contributed by atoms with E-state index in [4.69, 9.17) is 4.74 Å². The molecule has 2 rings (SSSR count). The van der Waals surface area contributed by atoms with Crippen LogP contribution in [-0.4, -0.2) is 18.2 Å². The van der Waals surface area contributed by atoms with Crippen molar-refractivity contribution in [2.75, 3.05) is 12.4 Å². The van der Waals surface area contributed by atoms with Crippen LogP contribution in [0.5, 0.6) is 5.75 Å². The van der Waals surface area contributed by atoms with Crippen LogP contribution in [0.1, 0.15) is 21.5 Å². The Bertz CT molecular complexity index is 623. The summed E-state index contributed by atoms with van der Waals surface area (Å²) in [5, 5.41) is 12.3. The van der Waals surface area contributed by atoms with Crippen molar-refractivity contribution in [3.8, 4) is 5.75 Å². The van der Waals surface area contributed by atoms with E-state index in [0.717, 1.165) is 5.56 Å². The Hall–Kier alpha value is -2.49. The van der Waals surface area contributed by atoms with Crippen molar-refractivity contribution in [3.63, 3.8) is 0 Å². The smallest absolute Gasteiger partial charge is 0.337 e.